The summed E-state index contributed by atoms with van der Waals surface area (Å²) in [6.45, 7) is 7.75. The van der Waals surface area contributed by atoms with E-state index in [1.165, 1.54) is 19.3 Å². The summed E-state index contributed by atoms with van der Waals surface area (Å²) in [4.78, 5) is 0. The van der Waals surface area contributed by atoms with Crippen LogP contribution in [0.25, 0.3) is 0 Å². The molecule has 62 valence electrons. The summed E-state index contributed by atoms with van der Waals surface area (Å²) >= 11 is 0. The molecule has 0 aromatic rings. The van der Waals surface area contributed by atoms with Crippen LogP contribution in [0.1, 0.15) is 40.0 Å². The van der Waals surface area contributed by atoms with Gasteiger partial charge in [0, 0.05) is 6.61 Å². The van der Waals surface area contributed by atoms with Gasteiger partial charge in [-0.25, -0.2) is 0 Å². The third-order valence-electron chi connectivity index (χ3n) is 2.70. The van der Waals surface area contributed by atoms with Gasteiger partial charge in [-0.1, -0.05) is 20.8 Å². The smallest absolute Gasteiger partial charge is 0.145 e. The molecular formula is C8H20OSi. The molecule has 1 nitrogen and oxygen atoms in total. The molecule has 0 N–H and O–H groups in total. The third-order valence-corrected chi connectivity index (χ3v) is 2.99. The minimum absolute atomic E-state index is 0.488. The van der Waals surface area contributed by atoms with Gasteiger partial charge in [-0.15, -0.1) is 0 Å². The molecule has 0 bridgehead atoms. The van der Waals surface area contributed by atoms with Gasteiger partial charge in [0.15, 0.2) is 0 Å². The number of hydrogen-bond donors (Lipinski definition) is 0. The van der Waals surface area contributed by atoms with Crippen LogP contribution in [0.4, 0.5) is 0 Å². The molecule has 10 heavy (non-hydrogen) atoms. The Labute approximate surface area is 67.7 Å². The van der Waals surface area contributed by atoms with Crippen molar-refractivity contribution in [2.45, 2.75) is 40.0 Å². The highest BCUT2D eigenvalue weighted by Gasteiger charge is 2.22. The van der Waals surface area contributed by atoms with Gasteiger partial charge in [0.2, 0.25) is 0 Å². The minimum atomic E-state index is 0.488. The van der Waals surface area contributed by atoms with Gasteiger partial charge in [-0.3, -0.25) is 0 Å². The first-order valence-corrected chi connectivity index (χ1v) is 5.05. The predicted octanol–water partition coefficient (Wildman–Crippen LogP) is 1.50. The molecule has 0 radical (unpaired) electrons. The van der Waals surface area contributed by atoms with Crippen LogP contribution in [0.15, 0.2) is 0 Å². The zero-order chi connectivity index (χ0) is 8.04. The monoisotopic (exact) mass is 160 g/mol. The Morgan fingerprint density at radius 1 is 1.10 bits per heavy atom. The van der Waals surface area contributed by atoms with Crippen molar-refractivity contribution in [2.75, 3.05) is 6.61 Å². The van der Waals surface area contributed by atoms with E-state index in [9.17, 15) is 0 Å². The second kappa shape index (κ2) is 4.91. The lowest BCUT2D eigenvalue weighted by Gasteiger charge is -2.29. The van der Waals surface area contributed by atoms with Crippen molar-refractivity contribution in [1.29, 1.82) is 0 Å². The maximum absolute atomic E-state index is 5.32. The molecule has 0 aliphatic rings. The summed E-state index contributed by atoms with van der Waals surface area (Å²) < 4.78 is 5.32. The topological polar surface area (TPSA) is 9.23 Å². The van der Waals surface area contributed by atoms with E-state index in [1.807, 2.05) is 0 Å². The van der Waals surface area contributed by atoms with Gasteiger partial charge < -0.3 is 4.43 Å². The Hall–Kier alpha value is 0.177. The van der Waals surface area contributed by atoms with Crippen LogP contribution < -0.4 is 0 Å². The second-order valence-corrected chi connectivity index (χ2v) is 3.57. The summed E-state index contributed by atoms with van der Waals surface area (Å²) in [5.41, 5.74) is 0.488. The molecule has 0 amide bonds. The maximum Gasteiger partial charge on any atom is 0.145 e. The van der Waals surface area contributed by atoms with E-state index >= 15 is 0 Å². The van der Waals surface area contributed by atoms with Gasteiger partial charge in [0.05, 0.1) is 0 Å². The van der Waals surface area contributed by atoms with Crippen molar-refractivity contribution in [3.8, 4) is 0 Å². The largest absolute Gasteiger partial charge is 0.427 e. The molecule has 0 heterocycles. The van der Waals surface area contributed by atoms with Crippen LogP contribution in [0.2, 0.25) is 0 Å². The van der Waals surface area contributed by atoms with Crippen LogP contribution in [0.5, 0.6) is 0 Å². The third kappa shape index (κ3) is 2.43. The lowest BCUT2D eigenvalue weighted by Crippen LogP contribution is -2.23. The average Bonchev–Trinajstić information content (AvgIpc) is 2.01. The quantitative estimate of drug-likeness (QED) is 0.554. The standard InChI is InChI=1S/C8H20OSi/c1-4-8(5-2,6-3)7-9-10/h4-7H2,1-3,10H3. The lowest BCUT2D eigenvalue weighted by molar-refractivity contribution is 0.136. The van der Waals surface area contributed by atoms with E-state index < -0.39 is 0 Å². The van der Waals surface area contributed by atoms with Crippen LogP contribution in [-0.2, 0) is 4.43 Å². The Bertz CT molecular complexity index is 71.1. The van der Waals surface area contributed by atoms with Crippen molar-refractivity contribution in [3.05, 3.63) is 0 Å². The summed E-state index contributed by atoms with van der Waals surface area (Å²) in [7, 11) is 0.884. The molecular weight excluding hydrogens is 140 g/mol. The van der Waals surface area contributed by atoms with Crippen LogP contribution >= 0.6 is 0 Å². The van der Waals surface area contributed by atoms with Gasteiger partial charge >= 0.3 is 0 Å². The number of rotatable bonds is 5. The highest BCUT2D eigenvalue weighted by atomic mass is 28.2. The fourth-order valence-electron chi connectivity index (χ4n) is 1.36. The molecule has 0 saturated carbocycles. The molecule has 0 rings (SSSR count). The first-order valence-electron chi connectivity index (χ1n) is 4.23. The molecule has 2 heteroatoms. The van der Waals surface area contributed by atoms with Gasteiger partial charge in [0.25, 0.3) is 0 Å². The highest BCUT2D eigenvalue weighted by Crippen LogP contribution is 2.29. The van der Waals surface area contributed by atoms with E-state index in [0.717, 1.165) is 17.1 Å². The molecule has 0 aliphatic heterocycles. The van der Waals surface area contributed by atoms with Crippen LogP contribution in [-0.4, -0.2) is 17.1 Å². The highest BCUT2D eigenvalue weighted by molar-refractivity contribution is 5.97. The summed E-state index contributed by atoms with van der Waals surface area (Å²) in [6, 6.07) is 0. The van der Waals surface area contributed by atoms with Crippen molar-refractivity contribution in [1.82, 2.24) is 0 Å². The van der Waals surface area contributed by atoms with E-state index in [4.69, 9.17) is 4.43 Å². The van der Waals surface area contributed by atoms with E-state index in [2.05, 4.69) is 20.8 Å². The van der Waals surface area contributed by atoms with Crippen LogP contribution in [0, 0.1) is 5.41 Å². The van der Waals surface area contributed by atoms with Gasteiger partial charge in [0.1, 0.15) is 10.5 Å². The molecule has 0 spiro atoms. The lowest BCUT2D eigenvalue weighted by atomic mass is 9.81. The molecule has 0 aromatic heterocycles. The van der Waals surface area contributed by atoms with Gasteiger partial charge in [-0.2, -0.15) is 0 Å². The molecule has 0 saturated heterocycles. The summed E-state index contributed by atoms with van der Waals surface area (Å²) in [5, 5.41) is 0. The first kappa shape index (κ1) is 10.2. The van der Waals surface area contributed by atoms with Crippen LogP contribution in [0.3, 0.4) is 0 Å². The molecule has 0 unspecified atom stereocenters. The SMILES string of the molecule is CCC(CC)(CC)CO[SiH3]. The molecule has 0 fully saturated rings. The van der Waals surface area contributed by atoms with E-state index in [0.29, 0.717) is 5.41 Å². The number of hydrogen-bond acceptors (Lipinski definition) is 1. The maximum atomic E-state index is 5.32. The van der Waals surface area contributed by atoms with Crippen molar-refractivity contribution in [2.24, 2.45) is 5.41 Å². The Morgan fingerprint density at radius 3 is 1.60 bits per heavy atom. The predicted molar refractivity (Wildman–Crippen MR) is 49.2 cm³/mol. The molecule has 0 aromatic carbocycles. The Morgan fingerprint density at radius 2 is 1.50 bits per heavy atom. The van der Waals surface area contributed by atoms with Crippen molar-refractivity contribution >= 4 is 10.5 Å². The van der Waals surface area contributed by atoms with E-state index in [1.54, 1.807) is 0 Å². The van der Waals surface area contributed by atoms with Gasteiger partial charge in [-0.05, 0) is 24.7 Å². The van der Waals surface area contributed by atoms with E-state index in [-0.39, 0.29) is 0 Å². The Balaban J connectivity index is 3.87. The normalized spacial score (nSPS) is 12.3. The first-order chi connectivity index (χ1) is 4.74. The average molecular weight is 160 g/mol. The summed E-state index contributed by atoms with van der Waals surface area (Å²) in [6.07, 6.45) is 3.76. The molecule has 0 atom stereocenters. The zero-order valence-corrected chi connectivity index (χ0v) is 9.74. The fraction of sp³-hybridized carbons (Fsp3) is 1.00. The molecule has 0 aliphatic carbocycles. The second-order valence-electron chi connectivity index (χ2n) is 2.99. The minimum Gasteiger partial charge on any atom is -0.427 e. The van der Waals surface area contributed by atoms with Crippen molar-refractivity contribution < 1.29 is 4.43 Å². The summed E-state index contributed by atoms with van der Waals surface area (Å²) in [5.74, 6) is 0. The Kier molecular flexibility index (Phi) is 5.00. The fourth-order valence-corrected chi connectivity index (χ4v) is 1.97. The van der Waals surface area contributed by atoms with Crippen molar-refractivity contribution in [3.63, 3.8) is 0 Å². The zero-order valence-electron chi connectivity index (χ0n) is 7.74.